The van der Waals surface area contributed by atoms with Gasteiger partial charge in [0.2, 0.25) is 0 Å². The topological polar surface area (TPSA) is 95.9 Å². The van der Waals surface area contributed by atoms with Gasteiger partial charge in [-0.05, 0) is 77.4 Å². The zero-order valence-electron chi connectivity index (χ0n) is 20.6. The van der Waals surface area contributed by atoms with Crippen molar-refractivity contribution in [3.8, 4) is 16.9 Å². The van der Waals surface area contributed by atoms with Crippen LogP contribution in [0.1, 0.15) is 22.3 Å². The molecule has 7 nitrogen and oxygen atoms in total. The van der Waals surface area contributed by atoms with Crippen LogP contribution in [0.3, 0.4) is 0 Å². The van der Waals surface area contributed by atoms with Crippen molar-refractivity contribution >= 4 is 55.5 Å². The molecule has 0 fully saturated rings. The first-order valence-corrected chi connectivity index (χ1v) is 13.6. The minimum Gasteiger partial charge on any atom is -0.481 e. The van der Waals surface area contributed by atoms with Crippen LogP contribution in [0.5, 0.6) is 5.75 Å². The summed E-state index contributed by atoms with van der Waals surface area (Å²) in [6.45, 7) is 0.270. The number of anilines is 1. The van der Waals surface area contributed by atoms with Crippen molar-refractivity contribution in [2.75, 3.05) is 11.4 Å². The Kier molecular flexibility index (Phi) is 9.51. The van der Waals surface area contributed by atoms with Gasteiger partial charge in [-0.1, -0.05) is 68.3 Å². The molecule has 0 saturated carbocycles. The molecule has 4 aromatic rings. The number of nitrogens with zero attached hydrogens (tertiary/aromatic N) is 1. The fraction of sp³-hybridized carbons (Fsp3) is 0.100. The molecule has 2 amide bonds. The third-order valence-corrected chi connectivity index (χ3v) is 6.83. The summed E-state index contributed by atoms with van der Waals surface area (Å²) in [7, 11) is 0. The van der Waals surface area contributed by atoms with Crippen molar-refractivity contribution in [2.24, 2.45) is 0 Å². The second-order valence-corrected chi connectivity index (χ2v) is 10.4. The van der Waals surface area contributed by atoms with Gasteiger partial charge in [0.1, 0.15) is 5.75 Å². The highest BCUT2D eigenvalue weighted by Crippen LogP contribution is 2.26. The van der Waals surface area contributed by atoms with E-state index in [1.807, 2.05) is 60.7 Å². The second-order valence-electron chi connectivity index (χ2n) is 8.56. The number of aliphatic carboxylic acids is 1. The molecule has 0 aliphatic heterocycles. The molecule has 0 bridgehead atoms. The molecule has 0 aliphatic rings. The molecule has 39 heavy (non-hydrogen) atoms. The number of amides is 2. The Morgan fingerprint density at radius 3 is 1.85 bits per heavy atom. The molecule has 198 valence electrons. The molecule has 0 heterocycles. The predicted molar refractivity (Wildman–Crippen MR) is 157 cm³/mol. The van der Waals surface area contributed by atoms with Crippen LogP contribution in [0.4, 0.5) is 10.5 Å². The van der Waals surface area contributed by atoms with Crippen LogP contribution in [0.15, 0.2) is 106 Å². The molecular formula is C30H24Br2N2O5. The number of carbonyl (C=O) groups is 3. The molecule has 9 heteroatoms. The van der Waals surface area contributed by atoms with Gasteiger partial charge in [-0.3, -0.25) is 14.5 Å². The lowest BCUT2D eigenvalue weighted by atomic mass is 10.1. The smallest absolute Gasteiger partial charge is 0.420 e. The van der Waals surface area contributed by atoms with Crippen molar-refractivity contribution in [2.45, 2.75) is 13.0 Å². The molecule has 4 aromatic carbocycles. The van der Waals surface area contributed by atoms with E-state index in [2.05, 4.69) is 37.2 Å². The number of carboxylic acids is 1. The summed E-state index contributed by atoms with van der Waals surface area (Å²) in [5, 5.41) is 11.3. The number of hydrogen-bond acceptors (Lipinski definition) is 4. The molecule has 0 spiro atoms. The summed E-state index contributed by atoms with van der Waals surface area (Å²) in [6.07, 6.45) is -0.742. The van der Waals surface area contributed by atoms with Gasteiger partial charge in [-0.25, -0.2) is 4.79 Å². The Bertz CT molecular complexity index is 1440. The minimum absolute atomic E-state index is 0.0263. The molecule has 0 aliphatic carbocycles. The van der Waals surface area contributed by atoms with E-state index in [0.717, 1.165) is 25.6 Å². The van der Waals surface area contributed by atoms with Crippen LogP contribution in [0.25, 0.3) is 11.1 Å². The monoisotopic (exact) mass is 650 g/mol. The fourth-order valence-electron chi connectivity index (χ4n) is 3.73. The number of ether oxygens (including phenoxy) is 1. The summed E-state index contributed by atoms with van der Waals surface area (Å²) in [4.78, 5) is 37.9. The van der Waals surface area contributed by atoms with Gasteiger partial charge < -0.3 is 15.2 Å². The third-order valence-electron chi connectivity index (χ3n) is 5.78. The van der Waals surface area contributed by atoms with E-state index >= 15 is 0 Å². The number of hydrogen-bond donors (Lipinski definition) is 2. The summed E-state index contributed by atoms with van der Waals surface area (Å²) >= 11 is 6.86. The highest BCUT2D eigenvalue weighted by Gasteiger charge is 2.20. The van der Waals surface area contributed by atoms with Gasteiger partial charge in [0.15, 0.2) is 0 Å². The first kappa shape index (κ1) is 28.1. The van der Waals surface area contributed by atoms with Gasteiger partial charge in [-0.2, -0.15) is 0 Å². The van der Waals surface area contributed by atoms with Crippen LogP contribution in [-0.4, -0.2) is 29.6 Å². The first-order valence-electron chi connectivity index (χ1n) is 12.0. The standard InChI is InChI=1S/C30H24Br2N2O5/c31-24-9-1-20(2-10-24)19-34(26-13-5-23(6-14-26)29(37)33-18-17-28(35)36)30(38)39-27-15-7-22(8-16-27)21-3-11-25(32)12-4-21/h1-16H,17-19H2,(H,33,37)(H,35,36). The van der Waals surface area contributed by atoms with E-state index in [1.54, 1.807) is 36.4 Å². The van der Waals surface area contributed by atoms with Gasteiger partial charge in [0.05, 0.1) is 13.0 Å². The zero-order valence-corrected chi connectivity index (χ0v) is 23.8. The average molecular weight is 652 g/mol. The van der Waals surface area contributed by atoms with Gasteiger partial charge in [-0.15, -0.1) is 0 Å². The minimum atomic E-state index is -0.990. The van der Waals surface area contributed by atoms with Gasteiger partial charge in [0, 0.05) is 26.7 Å². The highest BCUT2D eigenvalue weighted by atomic mass is 79.9. The quantitative estimate of drug-likeness (QED) is 0.198. The molecule has 2 N–H and O–H groups in total. The Hall–Kier alpha value is -3.95. The van der Waals surface area contributed by atoms with E-state index in [9.17, 15) is 14.4 Å². The molecule has 0 radical (unpaired) electrons. The maximum Gasteiger partial charge on any atom is 0.420 e. The SMILES string of the molecule is O=C(O)CCNC(=O)c1ccc(N(Cc2ccc(Br)cc2)C(=O)Oc2ccc(-c3ccc(Br)cc3)cc2)cc1. The number of carbonyl (C=O) groups excluding carboxylic acids is 2. The lowest BCUT2D eigenvalue weighted by Gasteiger charge is -2.23. The lowest BCUT2D eigenvalue weighted by Crippen LogP contribution is -2.33. The second kappa shape index (κ2) is 13.2. The van der Waals surface area contributed by atoms with Crippen molar-refractivity contribution in [1.82, 2.24) is 5.32 Å². The van der Waals surface area contributed by atoms with Gasteiger partial charge in [0.25, 0.3) is 5.91 Å². The van der Waals surface area contributed by atoms with Crippen LogP contribution < -0.4 is 15.0 Å². The van der Waals surface area contributed by atoms with Gasteiger partial charge >= 0.3 is 12.1 Å². The summed E-state index contributed by atoms with van der Waals surface area (Å²) < 4.78 is 7.64. The molecule has 0 unspecified atom stereocenters. The Morgan fingerprint density at radius 1 is 0.744 bits per heavy atom. The molecule has 0 atom stereocenters. The Morgan fingerprint density at radius 2 is 1.28 bits per heavy atom. The number of carboxylic acid groups (broad SMARTS) is 1. The number of rotatable bonds is 9. The lowest BCUT2D eigenvalue weighted by molar-refractivity contribution is -0.136. The number of benzene rings is 4. The normalized spacial score (nSPS) is 10.5. The molecule has 0 saturated heterocycles. The van der Waals surface area contributed by atoms with E-state index < -0.39 is 18.0 Å². The van der Waals surface area contributed by atoms with Crippen molar-refractivity contribution in [3.63, 3.8) is 0 Å². The fourth-order valence-corrected chi connectivity index (χ4v) is 4.25. The largest absolute Gasteiger partial charge is 0.481 e. The molecule has 0 aromatic heterocycles. The molecule has 4 rings (SSSR count). The van der Waals surface area contributed by atoms with Crippen LogP contribution in [-0.2, 0) is 11.3 Å². The number of halogens is 2. The molecular weight excluding hydrogens is 628 g/mol. The summed E-state index contributed by atoms with van der Waals surface area (Å²) in [5.41, 5.74) is 3.81. The third kappa shape index (κ3) is 8.02. The summed E-state index contributed by atoms with van der Waals surface area (Å²) in [6, 6.07) is 29.3. The first-order chi connectivity index (χ1) is 18.8. The maximum atomic E-state index is 13.4. The zero-order chi connectivity index (χ0) is 27.8. The van der Waals surface area contributed by atoms with E-state index in [1.165, 1.54) is 4.90 Å². The Labute approximate surface area is 242 Å². The maximum absolute atomic E-state index is 13.4. The number of nitrogens with one attached hydrogen (secondary N) is 1. The van der Waals surface area contributed by atoms with Crippen LogP contribution in [0.2, 0.25) is 0 Å². The van der Waals surface area contributed by atoms with E-state index in [4.69, 9.17) is 9.84 Å². The van der Waals surface area contributed by atoms with Crippen molar-refractivity contribution in [3.05, 3.63) is 117 Å². The van der Waals surface area contributed by atoms with Crippen molar-refractivity contribution < 1.29 is 24.2 Å². The van der Waals surface area contributed by atoms with Crippen LogP contribution in [0, 0.1) is 0 Å². The Balaban J connectivity index is 1.51. The van der Waals surface area contributed by atoms with Crippen LogP contribution >= 0.6 is 31.9 Å². The average Bonchev–Trinajstić information content (AvgIpc) is 2.93. The summed E-state index contributed by atoms with van der Waals surface area (Å²) in [5.74, 6) is -0.984. The van der Waals surface area contributed by atoms with E-state index in [0.29, 0.717) is 17.0 Å². The van der Waals surface area contributed by atoms with Crippen molar-refractivity contribution in [1.29, 1.82) is 0 Å². The van der Waals surface area contributed by atoms with E-state index in [-0.39, 0.29) is 19.5 Å². The highest BCUT2D eigenvalue weighted by molar-refractivity contribution is 9.10. The predicted octanol–water partition coefficient (Wildman–Crippen LogP) is 7.29.